The number of nitrogen functional groups attached to an aromatic ring is 1. The number of ether oxygens (including phenoxy) is 1. The minimum absolute atomic E-state index is 0.0105. The molecule has 0 saturated heterocycles. The van der Waals surface area contributed by atoms with Crippen LogP contribution in [0.3, 0.4) is 0 Å². The number of carboxylic acid groups (broad SMARTS) is 1. The third kappa shape index (κ3) is 5.71. The number of imidazole rings is 1. The number of nitrogens with two attached hydrogens (primary N) is 1. The monoisotopic (exact) mass is 558 g/mol. The number of amidine groups is 1. The van der Waals surface area contributed by atoms with E-state index in [4.69, 9.17) is 21.0 Å². The van der Waals surface area contributed by atoms with Crippen LogP contribution in [-0.4, -0.2) is 39.9 Å². The lowest BCUT2D eigenvalue weighted by Crippen LogP contribution is -2.13. The molecule has 0 amide bonds. The van der Waals surface area contributed by atoms with Crippen molar-refractivity contribution in [2.75, 3.05) is 4.72 Å². The number of pyridine rings is 1. The van der Waals surface area contributed by atoms with Gasteiger partial charge in [0.2, 0.25) is 0 Å². The van der Waals surface area contributed by atoms with Crippen molar-refractivity contribution in [2.45, 2.75) is 30.9 Å². The lowest BCUT2D eigenvalue weighted by Gasteiger charge is -2.11. The molecule has 0 aliphatic heterocycles. The summed E-state index contributed by atoms with van der Waals surface area (Å²) in [4.78, 5) is 20.1. The van der Waals surface area contributed by atoms with Gasteiger partial charge in [0.25, 0.3) is 10.0 Å². The van der Waals surface area contributed by atoms with Crippen molar-refractivity contribution in [2.24, 2.45) is 5.73 Å². The molecule has 5 rings (SSSR count). The molecule has 11 nitrogen and oxygen atoms in total. The van der Waals surface area contributed by atoms with Gasteiger partial charge in [-0.1, -0.05) is 18.2 Å². The van der Waals surface area contributed by atoms with Crippen LogP contribution in [0.1, 0.15) is 24.2 Å². The summed E-state index contributed by atoms with van der Waals surface area (Å²) >= 11 is 0. The van der Waals surface area contributed by atoms with Gasteiger partial charge in [-0.2, -0.15) is 0 Å². The molecule has 204 valence electrons. The molecule has 12 heteroatoms. The van der Waals surface area contributed by atoms with Crippen molar-refractivity contribution >= 4 is 49.5 Å². The Morgan fingerprint density at radius 1 is 1.07 bits per heavy atom. The van der Waals surface area contributed by atoms with Gasteiger partial charge in [-0.25, -0.2) is 13.4 Å². The molecule has 40 heavy (non-hydrogen) atoms. The van der Waals surface area contributed by atoms with E-state index in [1.807, 2.05) is 4.57 Å². The molecule has 0 saturated carbocycles. The van der Waals surface area contributed by atoms with Gasteiger partial charge in [-0.05, 0) is 61.0 Å². The second-order valence-electron chi connectivity index (χ2n) is 9.04. The maximum atomic E-state index is 13.3. The summed E-state index contributed by atoms with van der Waals surface area (Å²) in [5.74, 6) is 0.155. The molecule has 0 bridgehead atoms. The Bertz CT molecular complexity index is 1830. The van der Waals surface area contributed by atoms with Crippen molar-refractivity contribution in [3.8, 4) is 5.75 Å². The van der Waals surface area contributed by atoms with E-state index in [1.165, 1.54) is 6.07 Å². The Morgan fingerprint density at radius 2 is 1.85 bits per heavy atom. The number of nitrogens with zero attached hydrogens (tertiary/aromatic N) is 3. The summed E-state index contributed by atoms with van der Waals surface area (Å²) in [6, 6.07) is 20.3. The van der Waals surface area contributed by atoms with Crippen LogP contribution in [0.25, 0.3) is 21.9 Å². The van der Waals surface area contributed by atoms with Crippen LogP contribution in [0.4, 0.5) is 5.69 Å². The summed E-state index contributed by atoms with van der Waals surface area (Å²) in [6.45, 7) is 0.474. The second kappa shape index (κ2) is 11.0. The first-order valence-corrected chi connectivity index (χ1v) is 13.8. The number of sulfonamides is 1. The van der Waals surface area contributed by atoms with Crippen molar-refractivity contribution < 1.29 is 23.1 Å². The fourth-order valence-electron chi connectivity index (χ4n) is 4.37. The highest BCUT2D eigenvalue weighted by Crippen LogP contribution is 2.27. The predicted octanol–water partition coefficient (Wildman–Crippen LogP) is 4.11. The third-order valence-electron chi connectivity index (χ3n) is 6.27. The normalized spacial score (nSPS) is 11.5. The number of aliphatic carboxylic acids is 1. The van der Waals surface area contributed by atoms with E-state index < -0.39 is 16.0 Å². The number of rotatable bonds is 11. The summed E-state index contributed by atoms with van der Waals surface area (Å²) in [6.07, 6.45) is 1.92. The van der Waals surface area contributed by atoms with Crippen molar-refractivity contribution in [1.29, 1.82) is 5.41 Å². The molecule has 0 unspecified atom stereocenters. The highest BCUT2D eigenvalue weighted by Gasteiger charge is 2.20. The molecule has 5 aromatic rings. The molecule has 0 radical (unpaired) electrons. The Morgan fingerprint density at radius 3 is 2.60 bits per heavy atom. The van der Waals surface area contributed by atoms with Crippen molar-refractivity contribution in [3.05, 3.63) is 90.4 Å². The minimum atomic E-state index is -3.95. The molecule has 2 heterocycles. The lowest BCUT2D eigenvalue weighted by molar-refractivity contribution is -0.137. The highest BCUT2D eigenvalue weighted by molar-refractivity contribution is 7.93. The summed E-state index contributed by atoms with van der Waals surface area (Å²) < 4.78 is 37.0. The van der Waals surface area contributed by atoms with Crippen LogP contribution in [0.5, 0.6) is 5.75 Å². The van der Waals surface area contributed by atoms with Crippen LogP contribution >= 0.6 is 0 Å². The van der Waals surface area contributed by atoms with Gasteiger partial charge >= 0.3 is 5.97 Å². The number of aromatic nitrogens is 3. The Labute approximate surface area is 229 Å². The maximum absolute atomic E-state index is 13.3. The van der Waals surface area contributed by atoms with Crippen LogP contribution in [0, 0.1) is 5.41 Å². The molecule has 0 aliphatic carbocycles. The van der Waals surface area contributed by atoms with E-state index in [1.54, 1.807) is 72.9 Å². The molecule has 3 aromatic carbocycles. The average Bonchev–Trinajstić information content (AvgIpc) is 3.27. The second-order valence-corrected chi connectivity index (χ2v) is 10.7. The zero-order valence-electron chi connectivity index (χ0n) is 21.2. The van der Waals surface area contributed by atoms with E-state index >= 15 is 0 Å². The van der Waals surface area contributed by atoms with Crippen LogP contribution in [0.15, 0.2) is 83.9 Å². The van der Waals surface area contributed by atoms with E-state index in [9.17, 15) is 13.2 Å². The van der Waals surface area contributed by atoms with Crippen molar-refractivity contribution in [3.63, 3.8) is 0 Å². The van der Waals surface area contributed by atoms with Gasteiger partial charge in [0.15, 0.2) is 0 Å². The van der Waals surface area contributed by atoms with Gasteiger partial charge in [-0.3, -0.25) is 19.9 Å². The van der Waals surface area contributed by atoms with Gasteiger partial charge in [-0.15, -0.1) is 0 Å². The van der Waals surface area contributed by atoms with Crippen molar-refractivity contribution in [1.82, 2.24) is 14.5 Å². The molecule has 0 fully saturated rings. The molecule has 0 spiro atoms. The van der Waals surface area contributed by atoms with E-state index in [0.29, 0.717) is 57.7 Å². The number of nitrogens with one attached hydrogen (secondary N) is 2. The number of benzene rings is 3. The first kappa shape index (κ1) is 26.6. The molecule has 0 atom stereocenters. The standard InChI is InChI=1S/C28H26N6O5S/c29-28(30)19-8-11-21(12-9-19)39-17-25-32-22-16-20(10-13-23(22)34(25)15-3-7-26(35)36)33-40(37,38)24-6-1-4-18-5-2-14-31-27(18)24/h1-2,4-6,8-14,16,33H,3,7,15,17H2,(H3,29,30)(H,35,36). The summed E-state index contributed by atoms with van der Waals surface area (Å²) in [7, 11) is -3.95. The van der Waals surface area contributed by atoms with E-state index in [-0.39, 0.29) is 23.8 Å². The summed E-state index contributed by atoms with van der Waals surface area (Å²) in [5.41, 5.74) is 8.01. The highest BCUT2D eigenvalue weighted by atomic mass is 32.2. The smallest absolute Gasteiger partial charge is 0.303 e. The number of aryl methyl sites for hydroxylation is 1. The number of fused-ring (bicyclic) bond motifs is 2. The SMILES string of the molecule is N=C(N)c1ccc(OCc2nc3cc(NS(=O)(=O)c4cccc5cccnc45)ccc3n2CCCC(=O)O)cc1. The largest absolute Gasteiger partial charge is 0.486 e. The fraction of sp³-hybridized carbons (Fsp3) is 0.143. The van der Waals surface area contributed by atoms with Crippen LogP contribution in [0.2, 0.25) is 0 Å². The first-order valence-electron chi connectivity index (χ1n) is 12.4. The topological polar surface area (TPSA) is 173 Å². The fourth-order valence-corrected chi connectivity index (χ4v) is 5.60. The zero-order valence-corrected chi connectivity index (χ0v) is 22.1. The Balaban J connectivity index is 1.43. The Hall–Kier alpha value is -4.97. The number of hydrogen-bond donors (Lipinski definition) is 4. The maximum Gasteiger partial charge on any atom is 0.303 e. The van der Waals surface area contributed by atoms with Crippen LogP contribution < -0.4 is 15.2 Å². The minimum Gasteiger partial charge on any atom is -0.486 e. The number of carbonyl (C=O) groups is 1. The zero-order chi connectivity index (χ0) is 28.3. The van der Waals surface area contributed by atoms with E-state index in [0.717, 1.165) is 0 Å². The molecular formula is C28H26N6O5S. The van der Waals surface area contributed by atoms with Gasteiger partial charge in [0.05, 0.1) is 22.2 Å². The van der Waals surface area contributed by atoms with Gasteiger partial charge in [0.1, 0.15) is 28.9 Å². The molecular weight excluding hydrogens is 532 g/mol. The average molecular weight is 559 g/mol. The van der Waals surface area contributed by atoms with Crippen LogP contribution in [-0.2, 0) is 28.0 Å². The molecule has 0 aliphatic rings. The number of hydrogen-bond acceptors (Lipinski definition) is 7. The molecule has 5 N–H and O–H groups in total. The van der Waals surface area contributed by atoms with E-state index in [2.05, 4.69) is 14.7 Å². The number of anilines is 1. The molecule has 2 aromatic heterocycles. The number of carboxylic acids is 1. The first-order chi connectivity index (χ1) is 19.2. The third-order valence-corrected chi connectivity index (χ3v) is 7.68. The lowest BCUT2D eigenvalue weighted by atomic mass is 10.2. The predicted molar refractivity (Wildman–Crippen MR) is 151 cm³/mol. The van der Waals surface area contributed by atoms with Gasteiger partial charge < -0.3 is 20.1 Å². The quantitative estimate of drug-likeness (QED) is 0.138. The van der Waals surface area contributed by atoms with Gasteiger partial charge in [0, 0.05) is 30.1 Å². The Kier molecular flexibility index (Phi) is 7.34. The summed E-state index contributed by atoms with van der Waals surface area (Å²) in [5, 5.41) is 17.3. The number of para-hydroxylation sites is 1.